The van der Waals surface area contributed by atoms with Gasteiger partial charge >= 0.3 is 0 Å². The van der Waals surface area contributed by atoms with Crippen LogP contribution in [0.4, 0.5) is 0 Å². The highest BCUT2D eigenvalue weighted by molar-refractivity contribution is 5.13. The number of hydrogen-bond acceptors (Lipinski definition) is 4. The smallest absolute Gasteiger partial charge is 0.157 e. The van der Waals surface area contributed by atoms with E-state index in [2.05, 4.69) is 5.10 Å². The van der Waals surface area contributed by atoms with Gasteiger partial charge in [0.05, 0.1) is 18.5 Å². The number of aryl methyl sites for hydroxylation is 1. The zero-order valence-electron chi connectivity index (χ0n) is 9.67. The number of aliphatic hydroxyl groups is 1. The molecule has 0 aliphatic heterocycles. The molecule has 1 N–H and O–H groups in total. The van der Waals surface area contributed by atoms with E-state index in [0.717, 1.165) is 12.2 Å². The summed E-state index contributed by atoms with van der Waals surface area (Å²) in [5.74, 6) is 0.726. The van der Waals surface area contributed by atoms with Gasteiger partial charge in [0, 0.05) is 20.1 Å². The van der Waals surface area contributed by atoms with Crippen molar-refractivity contribution in [3.8, 4) is 5.75 Å². The van der Waals surface area contributed by atoms with Gasteiger partial charge in [-0.25, -0.2) is 0 Å². The Hall–Kier alpha value is -1.07. The molecule has 1 heterocycles. The zero-order valence-corrected chi connectivity index (χ0v) is 9.67. The molecule has 0 saturated heterocycles. The summed E-state index contributed by atoms with van der Waals surface area (Å²) in [6.07, 6.45) is 4.41. The Balaban J connectivity index is 1.86. The van der Waals surface area contributed by atoms with Crippen molar-refractivity contribution in [3.63, 3.8) is 0 Å². The number of nitrogens with zero attached hydrogens (tertiary/aromatic N) is 2. The van der Waals surface area contributed by atoms with E-state index in [1.807, 2.05) is 20.2 Å². The summed E-state index contributed by atoms with van der Waals surface area (Å²) >= 11 is 0. The summed E-state index contributed by atoms with van der Waals surface area (Å²) in [5.41, 5.74) is 0. The van der Waals surface area contributed by atoms with E-state index in [1.165, 1.54) is 0 Å². The molecule has 2 rings (SSSR count). The van der Waals surface area contributed by atoms with Gasteiger partial charge in [-0.1, -0.05) is 6.92 Å². The normalized spacial score (nSPS) is 28.8. The molecule has 5 nitrogen and oxygen atoms in total. The topological polar surface area (TPSA) is 56.5 Å². The number of aromatic nitrogens is 2. The van der Waals surface area contributed by atoms with Crippen LogP contribution in [0.5, 0.6) is 5.75 Å². The number of hydrogen-bond donors (Lipinski definition) is 1. The molecule has 0 radical (unpaired) electrons. The average molecular weight is 226 g/mol. The highest BCUT2D eigenvalue weighted by Crippen LogP contribution is 2.28. The van der Waals surface area contributed by atoms with Crippen LogP contribution in [0.15, 0.2) is 12.4 Å². The van der Waals surface area contributed by atoms with E-state index < -0.39 is 6.10 Å². The molecular weight excluding hydrogens is 208 g/mol. The van der Waals surface area contributed by atoms with Gasteiger partial charge < -0.3 is 14.6 Å². The van der Waals surface area contributed by atoms with E-state index in [1.54, 1.807) is 10.9 Å². The van der Waals surface area contributed by atoms with Crippen molar-refractivity contribution in [2.24, 2.45) is 7.05 Å². The highest BCUT2D eigenvalue weighted by atomic mass is 16.6. The van der Waals surface area contributed by atoms with Crippen molar-refractivity contribution in [2.45, 2.75) is 38.1 Å². The molecule has 5 heteroatoms. The predicted molar refractivity (Wildman–Crippen MR) is 58.3 cm³/mol. The van der Waals surface area contributed by atoms with Crippen molar-refractivity contribution < 1.29 is 14.6 Å². The minimum atomic E-state index is -0.395. The van der Waals surface area contributed by atoms with Crippen LogP contribution < -0.4 is 4.74 Å². The number of rotatable bonds is 5. The van der Waals surface area contributed by atoms with Crippen LogP contribution in [0.25, 0.3) is 0 Å². The van der Waals surface area contributed by atoms with Crippen LogP contribution in [0.1, 0.15) is 19.8 Å². The monoisotopic (exact) mass is 226 g/mol. The molecule has 90 valence electrons. The van der Waals surface area contributed by atoms with Crippen LogP contribution in [0, 0.1) is 0 Å². The van der Waals surface area contributed by atoms with Crippen LogP contribution in [0.3, 0.4) is 0 Å². The van der Waals surface area contributed by atoms with Crippen molar-refractivity contribution >= 4 is 0 Å². The van der Waals surface area contributed by atoms with Crippen LogP contribution >= 0.6 is 0 Å². The molecule has 3 unspecified atom stereocenters. The molecule has 3 atom stereocenters. The van der Waals surface area contributed by atoms with Crippen LogP contribution in [-0.4, -0.2) is 39.8 Å². The third-order valence-corrected chi connectivity index (χ3v) is 2.70. The van der Waals surface area contributed by atoms with Gasteiger partial charge in [0.25, 0.3) is 0 Å². The lowest BCUT2D eigenvalue weighted by molar-refractivity contribution is -0.162. The maximum absolute atomic E-state index is 9.56. The molecule has 1 aromatic heterocycles. The third-order valence-electron chi connectivity index (χ3n) is 2.70. The summed E-state index contributed by atoms with van der Waals surface area (Å²) in [4.78, 5) is 0. The third kappa shape index (κ3) is 2.36. The molecule has 0 bridgehead atoms. The Morgan fingerprint density at radius 3 is 3.00 bits per heavy atom. The summed E-state index contributed by atoms with van der Waals surface area (Å²) in [7, 11) is 1.84. The standard InChI is InChI=1S/C11H18N2O3/c1-3-4-15-11-9(14)5-10(11)16-8-6-12-13(2)7-8/h6-7,9-11,14H,3-5H2,1-2H3. The lowest BCUT2D eigenvalue weighted by Crippen LogP contribution is -2.55. The van der Waals surface area contributed by atoms with Gasteiger partial charge in [0.2, 0.25) is 0 Å². The van der Waals surface area contributed by atoms with Gasteiger partial charge in [-0.15, -0.1) is 0 Å². The van der Waals surface area contributed by atoms with Gasteiger partial charge in [-0.05, 0) is 6.42 Å². The lowest BCUT2D eigenvalue weighted by Gasteiger charge is -2.40. The molecule has 0 spiro atoms. The van der Waals surface area contributed by atoms with E-state index in [9.17, 15) is 5.11 Å². The van der Waals surface area contributed by atoms with Gasteiger partial charge in [0.15, 0.2) is 5.75 Å². The minimum absolute atomic E-state index is 0.0502. The molecule has 1 saturated carbocycles. The fraction of sp³-hybridized carbons (Fsp3) is 0.727. The summed E-state index contributed by atoms with van der Waals surface area (Å²) in [5, 5.41) is 13.6. The first-order valence-electron chi connectivity index (χ1n) is 5.65. The Bertz CT molecular complexity index is 340. The quantitative estimate of drug-likeness (QED) is 0.804. The molecule has 0 amide bonds. The van der Waals surface area contributed by atoms with Gasteiger partial charge in [-0.3, -0.25) is 4.68 Å². The van der Waals surface area contributed by atoms with Crippen molar-refractivity contribution in [1.82, 2.24) is 9.78 Å². The Kier molecular flexibility index (Phi) is 3.46. The summed E-state index contributed by atoms with van der Waals surface area (Å²) < 4.78 is 12.9. The number of aliphatic hydroxyl groups excluding tert-OH is 1. The second kappa shape index (κ2) is 4.84. The fourth-order valence-electron chi connectivity index (χ4n) is 1.78. The largest absolute Gasteiger partial charge is 0.484 e. The Morgan fingerprint density at radius 2 is 2.44 bits per heavy atom. The van der Waals surface area contributed by atoms with E-state index in [-0.39, 0.29) is 12.2 Å². The van der Waals surface area contributed by atoms with Gasteiger partial charge in [-0.2, -0.15) is 5.10 Å². The molecule has 16 heavy (non-hydrogen) atoms. The second-order valence-corrected chi connectivity index (χ2v) is 4.14. The fourth-order valence-corrected chi connectivity index (χ4v) is 1.78. The van der Waals surface area contributed by atoms with Crippen molar-refractivity contribution in [3.05, 3.63) is 12.4 Å². The highest BCUT2D eigenvalue weighted by Gasteiger charge is 2.42. The first-order chi connectivity index (χ1) is 7.70. The van der Waals surface area contributed by atoms with E-state index in [4.69, 9.17) is 9.47 Å². The first kappa shape index (κ1) is 11.4. The predicted octanol–water partition coefficient (Wildman–Crippen LogP) is 0.727. The van der Waals surface area contributed by atoms with Crippen molar-refractivity contribution in [2.75, 3.05) is 6.61 Å². The minimum Gasteiger partial charge on any atom is -0.484 e. The van der Waals surface area contributed by atoms with Crippen LogP contribution in [-0.2, 0) is 11.8 Å². The maximum atomic E-state index is 9.56. The molecule has 0 aromatic carbocycles. The summed E-state index contributed by atoms with van der Waals surface area (Å²) in [6, 6.07) is 0. The molecule has 1 aromatic rings. The zero-order chi connectivity index (χ0) is 11.5. The second-order valence-electron chi connectivity index (χ2n) is 4.14. The SMILES string of the molecule is CCCOC1C(O)CC1Oc1cnn(C)c1. The Labute approximate surface area is 95.0 Å². The molecule has 1 fully saturated rings. The number of ether oxygens (including phenoxy) is 2. The van der Waals surface area contributed by atoms with Crippen molar-refractivity contribution in [1.29, 1.82) is 0 Å². The van der Waals surface area contributed by atoms with E-state index >= 15 is 0 Å². The Morgan fingerprint density at radius 1 is 1.62 bits per heavy atom. The van der Waals surface area contributed by atoms with E-state index in [0.29, 0.717) is 13.0 Å². The first-order valence-corrected chi connectivity index (χ1v) is 5.65. The molecule has 1 aliphatic rings. The lowest BCUT2D eigenvalue weighted by atomic mass is 9.88. The summed E-state index contributed by atoms with van der Waals surface area (Å²) in [6.45, 7) is 2.71. The van der Waals surface area contributed by atoms with Crippen LogP contribution in [0.2, 0.25) is 0 Å². The van der Waals surface area contributed by atoms with Gasteiger partial charge in [0.1, 0.15) is 12.2 Å². The molecule has 1 aliphatic carbocycles. The average Bonchev–Trinajstić information content (AvgIpc) is 2.64. The maximum Gasteiger partial charge on any atom is 0.157 e. The molecular formula is C11H18N2O3.